The molecule has 0 bridgehead atoms. The van der Waals surface area contributed by atoms with Crippen molar-refractivity contribution in [3.63, 3.8) is 0 Å². The molecule has 4 heteroatoms. The van der Waals surface area contributed by atoms with E-state index in [2.05, 4.69) is 34.0 Å². The van der Waals surface area contributed by atoms with E-state index in [4.69, 9.17) is 11.6 Å². The summed E-state index contributed by atoms with van der Waals surface area (Å²) in [6, 6.07) is 13.0. The summed E-state index contributed by atoms with van der Waals surface area (Å²) in [6.45, 7) is 0. The molecule has 0 heterocycles. The summed E-state index contributed by atoms with van der Waals surface area (Å²) in [4.78, 5) is 0. The van der Waals surface area contributed by atoms with Gasteiger partial charge in [0.25, 0.3) is 0 Å². The lowest BCUT2D eigenvalue weighted by molar-refractivity contribution is 0.554. The number of hydrogen-bond donors (Lipinski definition) is 1. The highest BCUT2D eigenvalue weighted by atomic mass is 127. The van der Waals surface area contributed by atoms with E-state index in [9.17, 15) is 4.39 Å². The molecule has 1 unspecified atom stereocenters. The van der Waals surface area contributed by atoms with Crippen molar-refractivity contribution in [2.45, 2.75) is 12.5 Å². The van der Waals surface area contributed by atoms with Gasteiger partial charge in [-0.15, -0.1) is 0 Å². The van der Waals surface area contributed by atoms with E-state index in [0.717, 1.165) is 9.13 Å². The Kier molecular flexibility index (Phi) is 5.19. The first kappa shape index (κ1) is 14.8. The Morgan fingerprint density at radius 3 is 2.63 bits per heavy atom. The second-order valence-electron chi connectivity index (χ2n) is 4.30. The van der Waals surface area contributed by atoms with Crippen LogP contribution in [0.3, 0.4) is 0 Å². The number of nitrogens with one attached hydrogen (secondary N) is 1. The zero-order chi connectivity index (χ0) is 13.8. The standard InChI is InChI=1S/C15H14ClFIN/c1-19-15(10-4-2-5-11(18)8-10)9-12-13(16)6-3-7-14(12)17/h2-8,15,19H,9H2,1H3. The largest absolute Gasteiger partial charge is 0.313 e. The van der Waals surface area contributed by atoms with Crippen LogP contribution in [0, 0.1) is 9.39 Å². The van der Waals surface area contributed by atoms with E-state index < -0.39 is 0 Å². The number of rotatable bonds is 4. The molecular weight excluding hydrogens is 376 g/mol. The number of hydrogen-bond acceptors (Lipinski definition) is 1. The summed E-state index contributed by atoms with van der Waals surface area (Å²) in [5.41, 5.74) is 1.69. The summed E-state index contributed by atoms with van der Waals surface area (Å²) < 4.78 is 15.0. The van der Waals surface area contributed by atoms with E-state index in [0.29, 0.717) is 17.0 Å². The van der Waals surface area contributed by atoms with Crippen LogP contribution in [0.2, 0.25) is 5.02 Å². The normalized spacial score (nSPS) is 12.4. The average Bonchev–Trinajstić information content (AvgIpc) is 2.38. The molecule has 0 saturated heterocycles. The summed E-state index contributed by atoms with van der Waals surface area (Å²) >= 11 is 8.35. The predicted octanol–water partition coefficient (Wildman–Crippen LogP) is 4.59. The zero-order valence-electron chi connectivity index (χ0n) is 10.5. The Morgan fingerprint density at radius 1 is 1.26 bits per heavy atom. The molecule has 1 atom stereocenters. The minimum Gasteiger partial charge on any atom is -0.313 e. The fourth-order valence-corrected chi connectivity index (χ4v) is 2.85. The van der Waals surface area contributed by atoms with E-state index in [1.807, 2.05) is 25.2 Å². The van der Waals surface area contributed by atoms with Crippen molar-refractivity contribution in [3.8, 4) is 0 Å². The molecule has 2 aromatic carbocycles. The molecule has 0 fully saturated rings. The molecule has 1 nitrogen and oxygen atoms in total. The maximum absolute atomic E-state index is 13.8. The SMILES string of the molecule is CNC(Cc1c(F)cccc1Cl)c1cccc(I)c1. The Hall–Kier alpha value is -0.650. The molecule has 0 saturated carbocycles. The minimum absolute atomic E-state index is 0.0455. The maximum atomic E-state index is 13.8. The van der Waals surface area contributed by atoms with Crippen LogP contribution < -0.4 is 5.32 Å². The molecule has 1 N–H and O–H groups in total. The van der Waals surface area contributed by atoms with Crippen molar-refractivity contribution in [3.05, 3.63) is 68.0 Å². The first-order valence-corrected chi connectivity index (χ1v) is 7.43. The summed E-state index contributed by atoms with van der Waals surface area (Å²) in [6.07, 6.45) is 0.530. The van der Waals surface area contributed by atoms with Crippen molar-refractivity contribution < 1.29 is 4.39 Å². The van der Waals surface area contributed by atoms with E-state index >= 15 is 0 Å². The van der Waals surface area contributed by atoms with Crippen molar-refractivity contribution >= 4 is 34.2 Å². The van der Waals surface area contributed by atoms with E-state index in [-0.39, 0.29) is 11.9 Å². The first-order chi connectivity index (χ1) is 9.11. The predicted molar refractivity (Wildman–Crippen MR) is 86.1 cm³/mol. The summed E-state index contributed by atoms with van der Waals surface area (Å²) in [5, 5.41) is 3.70. The summed E-state index contributed by atoms with van der Waals surface area (Å²) in [7, 11) is 1.87. The molecule has 0 aromatic heterocycles. The fraction of sp³-hybridized carbons (Fsp3) is 0.200. The Bertz CT molecular complexity index is 554. The molecule has 2 aromatic rings. The monoisotopic (exact) mass is 389 g/mol. The Labute approximate surface area is 131 Å². The van der Waals surface area contributed by atoms with Crippen LogP contribution in [0.15, 0.2) is 42.5 Å². The maximum Gasteiger partial charge on any atom is 0.127 e. The van der Waals surface area contributed by atoms with Gasteiger partial charge in [0.05, 0.1) is 0 Å². The van der Waals surface area contributed by atoms with Gasteiger partial charge in [0.15, 0.2) is 0 Å². The first-order valence-electron chi connectivity index (χ1n) is 5.97. The van der Waals surface area contributed by atoms with Gasteiger partial charge in [-0.3, -0.25) is 0 Å². The van der Waals surface area contributed by atoms with Crippen LogP contribution in [-0.4, -0.2) is 7.05 Å². The second-order valence-corrected chi connectivity index (χ2v) is 5.95. The summed E-state index contributed by atoms with van der Waals surface area (Å²) in [5.74, 6) is -0.252. The molecular formula is C15H14ClFIN. The highest BCUT2D eigenvalue weighted by molar-refractivity contribution is 14.1. The average molecular weight is 390 g/mol. The van der Waals surface area contributed by atoms with Gasteiger partial charge in [-0.05, 0) is 65.9 Å². The van der Waals surface area contributed by atoms with Crippen molar-refractivity contribution in [2.75, 3.05) is 7.05 Å². The van der Waals surface area contributed by atoms with Crippen LogP contribution in [0.1, 0.15) is 17.2 Å². The Balaban J connectivity index is 2.29. The minimum atomic E-state index is -0.252. The molecule has 100 valence electrons. The van der Waals surface area contributed by atoms with Crippen LogP contribution in [-0.2, 0) is 6.42 Å². The fourth-order valence-electron chi connectivity index (χ4n) is 2.04. The highest BCUT2D eigenvalue weighted by Crippen LogP contribution is 2.26. The van der Waals surface area contributed by atoms with Gasteiger partial charge in [-0.1, -0.05) is 29.8 Å². The highest BCUT2D eigenvalue weighted by Gasteiger charge is 2.15. The van der Waals surface area contributed by atoms with Gasteiger partial charge in [0.1, 0.15) is 5.82 Å². The van der Waals surface area contributed by atoms with Crippen LogP contribution in [0.5, 0.6) is 0 Å². The van der Waals surface area contributed by atoms with Gasteiger partial charge in [-0.25, -0.2) is 4.39 Å². The van der Waals surface area contributed by atoms with Gasteiger partial charge in [0, 0.05) is 20.2 Å². The lowest BCUT2D eigenvalue weighted by Crippen LogP contribution is -2.19. The smallest absolute Gasteiger partial charge is 0.127 e. The second kappa shape index (κ2) is 6.68. The lowest BCUT2D eigenvalue weighted by Gasteiger charge is -2.18. The van der Waals surface area contributed by atoms with Crippen LogP contribution >= 0.6 is 34.2 Å². The van der Waals surface area contributed by atoms with Crippen LogP contribution in [0.25, 0.3) is 0 Å². The third-order valence-electron chi connectivity index (χ3n) is 3.07. The van der Waals surface area contributed by atoms with Gasteiger partial charge >= 0.3 is 0 Å². The molecule has 0 amide bonds. The molecule has 0 aliphatic carbocycles. The Morgan fingerprint density at radius 2 is 2.00 bits per heavy atom. The van der Waals surface area contributed by atoms with Gasteiger partial charge < -0.3 is 5.32 Å². The number of halogens is 3. The molecule has 0 radical (unpaired) electrons. The molecule has 0 aliphatic rings. The van der Waals surface area contributed by atoms with Crippen molar-refractivity contribution in [1.29, 1.82) is 0 Å². The van der Waals surface area contributed by atoms with Crippen molar-refractivity contribution in [2.24, 2.45) is 0 Å². The molecule has 2 rings (SSSR count). The van der Waals surface area contributed by atoms with Crippen molar-refractivity contribution in [1.82, 2.24) is 5.32 Å². The van der Waals surface area contributed by atoms with Gasteiger partial charge in [-0.2, -0.15) is 0 Å². The molecule has 19 heavy (non-hydrogen) atoms. The third-order valence-corrected chi connectivity index (χ3v) is 4.09. The number of likely N-dealkylation sites (N-methyl/N-ethyl adjacent to an activating group) is 1. The molecule has 0 aliphatic heterocycles. The topological polar surface area (TPSA) is 12.0 Å². The van der Waals surface area contributed by atoms with Gasteiger partial charge in [0.2, 0.25) is 0 Å². The number of benzene rings is 2. The quantitative estimate of drug-likeness (QED) is 0.754. The third kappa shape index (κ3) is 3.68. The zero-order valence-corrected chi connectivity index (χ0v) is 13.4. The van der Waals surface area contributed by atoms with E-state index in [1.165, 1.54) is 6.07 Å². The molecule has 0 spiro atoms. The van der Waals surface area contributed by atoms with E-state index in [1.54, 1.807) is 12.1 Å². The van der Waals surface area contributed by atoms with Crippen LogP contribution in [0.4, 0.5) is 4.39 Å². The lowest BCUT2D eigenvalue weighted by atomic mass is 9.98.